The van der Waals surface area contributed by atoms with Gasteiger partial charge in [0.2, 0.25) is 5.91 Å². The van der Waals surface area contributed by atoms with Gasteiger partial charge in [-0.3, -0.25) is 9.59 Å². The lowest BCUT2D eigenvalue weighted by atomic mass is 10.2. The summed E-state index contributed by atoms with van der Waals surface area (Å²) in [5.41, 5.74) is 1.22. The second-order valence-electron chi connectivity index (χ2n) is 4.84. The Bertz CT molecular complexity index is 709. The quantitative estimate of drug-likeness (QED) is 0.754. The van der Waals surface area contributed by atoms with Gasteiger partial charge >= 0.3 is 5.97 Å². The minimum Gasteiger partial charge on any atom is -0.460 e. The fourth-order valence-electron chi connectivity index (χ4n) is 1.79. The molecular weight excluding hydrogens is 353 g/mol. The number of benzene rings is 2. The summed E-state index contributed by atoms with van der Waals surface area (Å²) in [4.78, 5) is 23.3. The Labute approximate surface area is 148 Å². The third-order valence-corrected chi connectivity index (χ3v) is 4.03. The van der Waals surface area contributed by atoms with Crippen LogP contribution in [-0.4, -0.2) is 23.4 Å². The number of esters is 1. The van der Waals surface area contributed by atoms with E-state index < -0.39 is 5.97 Å². The first-order valence-corrected chi connectivity index (χ1v) is 8.59. The van der Waals surface area contributed by atoms with E-state index in [1.807, 2.05) is 0 Å². The van der Waals surface area contributed by atoms with E-state index >= 15 is 0 Å². The van der Waals surface area contributed by atoms with Gasteiger partial charge in [0.05, 0.1) is 11.5 Å². The Balaban J connectivity index is 1.65. The molecule has 0 aliphatic carbocycles. The highest BCUT2D eigenvalue weighted by Crippen LogP contribution is 2.14. The molecule has 0 aromatic heterocycles. The van der Waals surface area contributed by atoms with Crippen LogP contribution >= 0.6 is 23.4 Å². The second kappa shape index (κ2) is 9.30. The monoisotopic (exact) mass is 367 g/mol. The third-order valence-electron chi connectivity index (χ3n) is 2.87. The van der Waals surface area contributed by atoms with Crippen molar-refractivity contribution in [2.45, 2.75) is 6.61 Å². The Morgan fingerprint density at radius 3 is 2.58 bits per heavy atom. The van der Waals surface area contributed by atoms with Gasteiger partial charge in [0.15, 0.2) is 0 Å². The molecule has 0 unspecified atom stereocenters. The molecule has 0 saturated carbocycles. The SMILES string of the molecule is O=C(CSCC(=O)OCc1cccc(F)c1)Nc1ccc(Cl)cc1. The molecule has 0 aliphatic rings. The first-order chi connectivity index (χ1) is 11.5. The van der Waals surface area contributed by atoms with Gasteiger partial charge in [0.1, 0.15) is 12.4 Å². The lowest BCUT2D eigenvalue weighted by molar-refractivity contribution is -0.141. The topological polar surface area (TPSA) is 55.4 Å². The fourth-order valence-corrected chi connectivity index (χ4v) is 2.53. The number of hydrogen-bond donors (Lipinski definition) is 1. The van der Waals surface area contributed by atoms with Crippen molar-refractivity contribution in [1.82, 2.24) is 0 Å². The van der Waals surface area contributed by atoms with Crippen molar-refractivity contribution in [2.24, 2.45) is 0 Å². The maximum absolute atomic E-state index is 13.0. The normalized spacial score (nSPS) is 10.2. The molecule has 0 radical (unpaired) electrons. The Kier molecular flexibility index (Phi) is 7.08. The Morgan fingerprint density at radius 1 is 1.12 bits per heavy atom. The van der Waals surface area contributed by atoms with Crippen molar-refractivity contribution < 1.29 is 18.7 Å². The molecule has 0 aliphatic heterocycles. The van der Waals surface area contributed by atoms with E-state index in [4.69, 9.17) is 16.3 Å². The van der Waals surface area contributed by atoms with Crippen molar-refractivity contribution in [3.63, 3.8) is 0 Å². The number of anilines is 1. The predicted octanol–water partition coefficient (Wildman–Crippen LogP) is 3.89. The van der Waals surface area contributed by atoms with Gasteiger partial charge in [-0.05, 0) is 42.0 Å². The summed E-state index contributed by atoms with van der Waals surface area (Å²) in [6.07, 6.45) is 0. The zero-order valence-electron chi connectivity index (χ0n) is 12.6. The molecule has 0 heterocycles. The van der Waals surface area contributed by atoms with E-state index in [9.17, 15) is 14.0 Å². The van der Waals surface area contributed by atoms with Crippen LogP contribution in [0.1, 0.15) is 5.56 Å². The minimum atomic E-state index is -0.455. The smallest absolute Gasteiger partial charge is 0.316 e. The molecule has 0 spiro atoms. The summed E-state index contributed by atoms with van der Waals surface area (Å²) in [6, 6.07) is 12.6. The van der Waals surface area contributed by atoms with E-state index in [1.165, 1.54) is 12.1 Å². The maximum atomic E-state index is 13.0. The molecule has 126 valence electrons. The van der Waals surface area contributed by atoms with Crippen LogP contribution in [-0.2, 0) is 20.9 Å². The number of hydrogen-bond acceptors (Lipinski definition) is 4. The highest BCUT2D eigenvalue weighted by molar-refractivity contribution is 8.00. The van der Waals surface area contributed by atoms with Crippen molar-refractivity contribution in [2.75, 3.05) is 16.8 Å². The van der Waals surface area contributed by atoms with Crippen LogP contribution in [0.25, 0.3) is 0 Å². The Hall–Kier alpha value is -2.05. The zero-order valence-corrected chi connectivity index (χ0v) is 14.2. The molecule has 1 N–H and O–H groups in total. The summed E-state index contributed by atoms with van der Waals surface area (Å²) in [5.74, 6) is -0.887. The van der Waals surface area contributed by atoms with Crippen molar-refractivity contribution >= 4 is 40.9 Å². The summed E-state index contributed by atoms with van der Waals surface area (Å²) in [7, 11) is 0. The van der Waals surface area contributed by atoms with E-state index in [-0.39, 0.29) is 29.8 Å². The zero-order chi connectivity index (χ0) is 17.4. The highest BCUT2D eigenvalue weighted by Gasteiger charge is 2.08. The van der Waals surface area contributed by atoms with Crippen molar-refractivity contribution in [1.29, 1.82) is 0 Å². The molecule has 7 heteroatoms. The van der Waals surface area contributed by atoms with E-state index in [2.05, 4.69) is 5.32 Å². The summed E-state index contributed by atoms with van der Waals surface area (Å²) >= 11 is 6.90. The van der Waals surface area contributed by atoms with Gasteiger partial charge in [-0.15, -0.1) is 11.8 Å². The van der Waals surface area contributed by atoms with Crippen LogP contribution < -0.4 is 5.32 Å². The molecule has 0 saturated heterocycles. The maximum Gasteiger partial charge on any atom is 0.316 e. The number of carbonyl (C=O) groups is 2. The standard InChI is InChI=1S/C17H15ClFNO3S/c18-13-4-6-15(7-5-13)20-16(21)10-24-11-17(22)23-9-12-2-1-3-14(19)8-12/h1-8H,9-11H2,(H,20,21). The number of carbonyl (C=O) groups excluding carboxylic acids is 2. The molecule has 0 bridgehead atoms. The lowest BCUT2D eigenvalue weighted by Crippen LogP contribution is -2.16. The molecule has 4 nitrogen and oxygen atoms in total. The third kappa shape index (κ3) is 6.60. The van der Waals surface area contributed by atoms with Crippen LogP contribution in [0.3, 0.4) is 0 Å². The number of nitrogens with one attached hydrogen (secondary N) is 1. The number of rotatable bonds is 7. The molecule has 0 fully saturated rings. The molecule has 2 rings (SSSR count). The Morgan fingerprint density at radius 2 is 1.88 bits per heavy atom. The average Bonchev–Trinajstić information content (AvgIpc) is 2.55. The molecule has 24 heavy (non-hydrogen) atoms. The van der Waals surface area contributed by atoms with Crippen LogP contribution in [0.5, 0.6) is 0 Å². The lowest BCUT2D eigenvalue weighted by Gasteiger charge is -2.06. The summed E-state index contributed by atoms with van der Waals surface area (Å²) in [5, 5.41) is 3.28. The number of ether oxygens (including phenoxy) is 1. The highest BCUT2D eigenvalue weighted by atomic mass is 35.5. The van der Waals surface area contributed by atoms with Gasteiger partial charge in [-0.2, -0.15) is 0 Å². The molecule has 0 atom stereocenters. The first-order valence-electron chi connectivity index (χ1n) is 7.06. The summed E-state index contributed by atoms with van der Waals surface area (Å²) in [6.45, 7) is 0.00806. The molecule has 2 aromatic carbocycles. The number of thioether (sulfide) groups is 1. The number of amides is 1. The summed E-state index contributed by atoms with van der Waals surface area (Å²) < 4.78 is 18.0. The van der Waals surface area contributed by atoms with Gasteiger partial charge in [0, 0.05) is 10.7 Å². The van der Waals surface area contributed by atoms with Gasteiger partial charge in [-0.1, -0.05) is 23.7 Å². The average molecular weight is 368 g/mol. The predicted molar refractivity (Wildman–Crippen MR) is 93.6 cm³/mol. The first kappa shape index (κ1) is 18.3. The largest absolute Gasteiger partial charge is 0.460 e. The second-order valence-corrected chi connectivity index (χ2v) is 6.26. The van der Waals surface area contributed by atoms with E-state index in [0.717, 1.165) is 11.8 Å². The molecule has 2 aromatic rings. The van der Waals surface area contributed by atoms with Crippen LogP contribution in [0, 0.1) is 5.82 Å². The van der Waals surface area contributed by atoms with Gasteiger partial charge in [0.25, 0.3) is 0 Å². The van der Waals surface area contributed by atoms with Gasteiger partial charge in [-0.25, -0.2) is 4.39 Å². The van der Waals surface area contributed by atoms with Crippen molar-refractivity contribution in [3.8, 4) is 0 Å². The molecule has 1 amide bonds. The minimum absolute atomic E-state index is 0.00806. The van der Waals surface area contributed by atoms with E-state index in [0.29, 0.717) is 16.3 Å². The fraction of sp³-hybridized carbons (Fsp3) is 0.176. The van der Waals surface area contributed by atoms with Crippen LogP contribution in [0.15, 0.2) is 48.5 Å². The molecular formula is C17H15ClFNO3S. The number of halogens is 2. The van der Waals surface area contributed by atoms with E-state index in [1.54, 1.807) is 36.4 Å². The van der Waals surface area contributed by atoms with Crippen molar-refractivity contribution in [3.05, 3.63) is 64.9 Å². The van der Waals surface area contributed by atoms with Gasteiger partial charge < -0.3 is 10.1 Å². The van der Waals surface area contributed by atoms with Crippen LogP contribution in [0.2, 0.25) is 5.02 Å². The van der Waals surface area contributed by atoms with Crippen LogP contribution in [0.4, 0.5) is 10.1 Å².